The molecule has 7 heteroatoms. The number of hydrogen-bond acceptors (Lipinski definition) is 5. The van der Waals surface area contributed by atoms with Crippen molar-refractivity contribution in [3.05, 3.63) is 39.3 Å². The van der Waals surface area contributed by atoms with Crippen LogP contribution in [-0.4, -0.2) is 34.2 Å². The summed E-state index contributed by atoms with van der Waals surface area (Å²) in [6, 6.07) is 8.02. The summed E-state index contributed by atoms with van der Waals surface area (Å²) in [6.07, 6.45) is 2.07. The second-order valence-electron chi connectivity index (χ2n) is 4.87. The SMILES string of the molecule is COc1ccc(CN(C(=O)c2nnc(Cl)s2)C2CC2)cc1. The maximum Gasteiger partial charge on any atom is 0.285 e. The number of amides is 1. The average molecular weight is 324 g/mol. The lowest BCUT2D eigenvalue weighted by molar-refractivity contribution is 0.0728. The van der Waals surface area contributed by atoms with E-state index in [4.69, 9.17) is 16.3 Å². The number of halogens is 1. The molecule has 0 saturated heterocycles. The monoisotopic (exact) mass is 323 g/mol. The number of methoxy groups -OCH3 is 1. The Morgan fingerprint density at radius 1 is 1.38 bits per heavy atom. The number of benzene rings is 1. The molecule has 1 aromatic carbocycles. The molecule has 2 aromatic rings. The molecule has 0 N–H and O–H groups in total. The minimum Gasteiger partial charge on any atom is -0.497 e. The van der Waals surface area contributed by atoms with E-state index in [1.54, 1.807) is 7.11 Å². The molecule has 3 rings (SSSR count). The largest absolute Gasteiger partial charge is 0.497 e. The summed E-state index contributed by atoms with van der Waals surface area (Å²) in [6.45, 7) is 0.560. The molecule has 0 unspecified atom stereocenters. The number of nitrogens with zero attached hydrogens (tertiary/aromatic N) is 3. The van der Waals surface area contributed by atoms with E-state index in [0.717, 1.165) is 35.5 Å². The zero-order valence-corrected chi connectivity index (χ0v) is 13.0. The van der Waals surface area contributed by atoms with Gasteiger partial charge in [-0.1, -0.05) is 23.5 Å². The highest BCUT2D eigenvalue weighted by atomic mass is 35.5. The number of hydrogen-bond donors (Lipinski definition) is 0. The van der Waals surface area contributed by atoms with Crippen LogP contribution >= 0.6 is 22.9 Å². The van der Waals surface area contributed by atoms with Gasteiger partial charge in [-0.15, -0.1) is 10.2 Å². The van der Waals surface area contributed by atoms with Crippen molar-refractivity contribution < 1.29 is 9.53 Å². The molecule has 1 saturated carbocycles. The van der Waals surface area contributed by atoms with Crippen molar-refractivity contribution in [2.75, 3.05) is 7.11 Å². The Hall–Kier alpha value is -1.66. The van der Waals surface area contributed by atoms with E-state index in [-0.39, 0.29) is 5.91 Å². The minimum atomic E-state index is -0.0993. The van der Waals surface area contributed by atoms with Gasteiger partial charge in [-0.25, -0.2) is 0 Å². The molecule has 1 aliphatic rings. The first-order valence-electron chi connectivity index (χ1n) is 6.60. The maximum absolute atomic E-state index is 12.5. The molecule has 1 amide bonds. The smallest absolute Gasteiger partial charge is 0.285 e. The van der Waals surface area contributed by atoms with Gasteiger partial charge in [-0.3, -0.25) is 4.79 Å². The fraction of sp³-hybridized carbons (Fsp3) is 0.357. The molecule has 0 radical (unpaired) electrons. The highest BCUT2D eigenvalue weighted by Crippen LogP contribution is 2.31. The van der Waals surface area contributed by atoms with Crippen molar-refractivity contribution in [1.29, 1.82) is 0 Å². The van der Waals surface area contributed by atoms with Gasteiger partial charge < -0.3 is 9.64 Å². The highest BCUT2D eigenvalue weighted by molar-refractivity contribution is 7.17. The van der Waals surface area contributed by atoms with E-state index in [9.17, 15) is 4.79 Å². The van der Waals surface area contributed by atoms with E-state index < -0.39 is 0 Å². The number of carbonyl (C=O) groups excluding carboxylic acids is 1. The van der Waals surface area contributed by atoms with Gasteiger partial charge in [-0.2, -0.15) is 0 Å². The summed E-state index contributed by atoms with van der Waals surface area (Å²) in [5.74, 6) is 0.705. The molecule has 5 nitrogen and oxygen atoms in total. The van der Waals surface area contributed by atoms with Crippen LogP contribution in [0, 0.1) is 0 Å². The first-order chi connectivity index (χ1) is 10.2. The summed E-state index contributed by atoms with van der Waals surface area (Å²) in [4.78, 5) is 14.4. The number of carbonyl (C=O) groups is 1. The van der Waals surface area contributed by atoms with E-state index in [1.165, 1.54) is 0 Å². The number of rotatable bonds is 5. The van der Waals surface area contributed by atoms with E-state index in [1.807, 2.05) is 29.2 Å². The normalized spacial score (nSPS) is 14.0. The van der Waals surface area contributed by atoms with Crippen LogP contribution in [0.25, 0.3) is 0 Å². The van der Waals surface area contributed by atoms with Gasteiger partial charge in [0.1, 0.15) is 5.75 Å². The molecule has 1 fully saturated rings. The summed E-state index contributed by atoms with van der Waals surface area (Å²) in [5.41, 5.74) is 1.06. The van der Waals surface area contributed by atoms with Crippen molar-refractivity contribution in [3.63, 3.8) is 0 Å². The van der Waals surface area contributed by atoms with Gasteiger partial charge in [0.25, 0.3) is 5.91 Å². The molecular weight excluding hydrogens is 310 g/mol. The van der Waals surface area contributed by atoms with Gasteiger partial charge in [-0.05, 0) is 42.1 Å². The van der Waals surface area contributed by atoms with Gasteiger partial charge in [0.2, 0.25) is 9.47 Å². The molecule has 1 aliphatic carbocycles. The Morgan fingerprint density at radius 3 is 2.62 bits per heavy atom. The van der Waals surface area contributed by atoms with Crippen LogP contribution in [0.2, 0.25) is 4.47 Å². The van der Waals surface area contributed by atoms with E-state index in [2.05, 4.69) is 10.2 Å². The molecule has 110 valence electrons. The number of ether oxygens (including phenoxy) is 1. The molecule has 21 heavy (non-hydrogen) atoms. The molecule has 0 aliphatic heterocycles. The fourth-order valence-corrected chi connectivity index (χ4v) is 2.88. The quantitative estimate of drug-likeness (QED) is 0.848. The Bertz CT molecular complexity index is 640. The Balaban J connectivity index is 1.76. The third kappa shape index (κ3) is 3.33. The van der Waals surface area contributed by atoms with E-state index >= 15 is 0 Å². The molecule has 1 heterocycles. The third-order valence-corrected chi connectivity index (χ3v) is 4.35. The number of aromatic nitrogens is 2. The maximum atomic E-state index is 12.5. The Kier molecular flexibility index (Phi) is 4.07. The van der Waals surface area contributed by atoms with Crippen molar-refractivity contribution in [3.8, 4) is 5.75 Å². The lowest BCUT2D eigenvalue weighted by atomic mass is 10.2. The van der Waals surface area contributed by atoms with E-state index in [0.29, 0.717) is 22.1 Å². The molecule has 0 spiro atoms. The van der Waals surface area contributed by atoms with Crippen molar-refractivity contribution >= 4 is 28.8 Å². The molecule has 0 atom stereocenters. The summed E-state index contributed by atoms with van der Waals surface area (Å²) in [7, 11) is 1.63. The first-order valence-corrected chi connectivity index (χ1v) is 7.79. The van der Waals surface area contributed by atoms with Crippen molar-refractivity contribution in [1.82, 2.24) is 15.1 Å². The second kappa shape index (κ2) is 5.99. The fourth-order valence-electron chi connectivity index (χ4n) is 2.10. The van der Waals surface area contributed by atoms with Crippen LogP contribution in [0.15, 0.2) is 24.3 Å². The Morgan fingerprint density at radius 2 is 2.10 bits per heavy atom. The lowest BCUT2D eigenvalue weighted by Gasteiger charge is -2.21. The van der Waals surface area contributed by atoms with Crippen molar-refractivity contribution in [2.45, 2.75) is 25.4 Å². The summed E-state index contributed by atoms with van der Waals surface area (Å²) < 4.78 is 5.43. The van der Waals surface area contributed by atoms with Gasteiger partial charge in [0, 0.05) is 12.6 Å². The second-order valence-corrected chi connectivity index (χ2v) is 6.43. The highest BCUT2D eigenvalue weighted by Gasteiger charge is 2.34. The van der Waals surface area contributed by atoms with Crippen LogP contribution in [0.1, 0.15) is 28.2 Å². The predicted molar refractivity (Wildman–Crippen MR) is 80.8 cm³/mol. The summed E-state index contributed by atoms with van der Waals surface area (Å²) >= 11 is 6.88. The predicted octanol–water partition coefficient (Wildman–Crippen LogP) is 3.00. The van der Waals surface area contributed by atoms with Crippen LogP contribution in [-0.2, 0) is 6.54 Å². The van der Waals surface area contributed by atoms with Crippen LogP contribution in [0.3, 0.4) is 0 Å². The summed E-state index contributed by atoms with van der Waals surface area (Å²) in [5, 5.41) is 7.89. The molecular formula is C14H14ClN3O2S. The van der Waals surface area contributed by atoms with Crippen LogP contribution in [0.4, 0.5) is 0 Å². The first kappa shape index (κ1) is 14.3. The zero-order valence-electron chi connectivity index (χ0n) is 11.5. The molecule has 1 aromatic heterocycles. The Labute approximate surface area is 131 Å². The van der Waals surface area contributed by atoms with Crippen LogP contribution < -0.4 is 4.74 Å². The zero-order chi connectivity index (χ0) is 14.8. The minimum absolute atomic E-state index is 0.0993. The third-order valence-electron chi connectivity index (χ3n) is 3.34. The standard InChI is InChI=1S/C14H14ClN3O2S/c1-20-11-6-2-9(3-7-11)8-18(10-4-5-10)13(19)12-16-17-14(15)21-12/h2-3,6-7,10H,4-5,8H2,1H3. The molecule has 0 bridgehead atoms. The van der Waals surface area contributed by atoms with Crippen LogP contribution in [0.5, 0.6) is 5.75 Å². The average Bonchev–Trinajstić information content (AvgIpc) is 3.26. The topological polar surface area (TPSA) is 55.3 Å². The van der Waals surface area contributed by atoms with Gasteiger partial charge in [0.05, 0.1) is 7.11 Å². The van der Waals surface area contributed by atoms with Gasteiger partial charge in [0.15, 0.2) is 0 Å². The van der Waals surface area contributed by atoms with Gasteiger partial charge >= 0.3 is 0 Å². The van der Waals surface area contributed by atoms with Crippen molar-refractivity contribution in [2.24, 2.45) is 0 Å². The lowest BCUT2D eigenvalue weighted by Crippen LogP contribution is -2.32.